The minimum atomic E-state index is -0.849. The highest BCUT2D eigenvalue weighted by Gasteiger charge is 2.18. The Kier molecular flexibility index (Phi) is 53.5. The zero-order valence-corrected chi connectivity index (χ0v) is 43.7. The van der Waals surface area contributed by atoms with E-state index in [1.54, 1.807) is 6.08 Å². The molecule has 0 aromatic rings. The minimum absolute atomic E-state index is 0.000961. The Morgan fingerprint density at radius 1 is 0.415 bits per heavy atom. The van der Waals surface area contributed by atoms with Gasteiger partial charge in [-0.25, -0.2) is 0 Å². The fourth-order valence-corrected chi connectivity index (χ4v) is 8.98. The molecule has 2 atom stereocenters. The van der Waals surface area contributed by atoms with Gasteiger partial charge < -0.3 is 20.3 Å². The molecule has 0 saturated carbocycles. The van der Waals surface area contributed by atoms with E-state index in [9.17, 15) is 19.8 Å². The van der Waals surface area contributed by atoms with E-state index < -0.39 is 12.1 Å². The predicted octanol–water partition coefficient (Wildman–Crippen LogP) is 17.9. The summed E-state index contributed by atoms with van der Waals surface area (Å²) >= 11 is 0. The number of aliphatic hydroxyl groups excluding tert-OH is 2. The lowest BCUT2D eigenvalue weighted by molar-refractivity contribution is -0.143. The van der Waals surface area contributed by atoms with Gasteiger partial charge in [-0.3, -0.25) is 9.59 Å². The second-order valence-electron chi connectivity index (χ2n) is 20.0. The third kappa shape index (κ3) is 51.6. The molecule has 6 heteroatoms. The number of carbonyl (C=O) groups excluding carboxylic acids is 2. The maximum absolute atomic E-state index is 12.5. The molecule has 65 heavy (non-hydrogen) atoms. The van der Waals surface area contributed by atoms with Gasteiger partial charge in [0, 0.05) is 12.8 Å². The van der Waals surface area contributed by atoms with Crippen molar-refractivity contribution in [1.29, 1.82) is 0 Å². The van der Waals surface area contributed by atoms with Gasteiger partial charge in [-0.15, -0.1) is 0 Å². The highest BCUT2D eigenvalue weighted by atomic mass is 16.5. The first kappa shape index (κ1) is 63.3. The lowest BCUT2D eigenvalue weighted by Crippen LogP contribution is -2.45. The maximum atomic E-state index is 12.5. The van der Waals surface area contributed by atoms with Gasteiger partial charge in [0.1, 0.15) is 0 Å². The van der Waals surface area contributed by atoms with E-state index >= 15 is 0 Å². The molecular weight excluding hydrogens is 803 g/mol. The number of ether oxygens (including phenoxy) is 1. The van der Waals surface area contributed by atoms with E-state index in [0.29, 0.717) is 19.4 Å². The summed E-state index contributed by atoms with van der Waals surface area (Å²) in [6.07, 6.45) is 66.2. The Labute approximate surface area is 405 Å². The summed E-state index contributed by atoms with van der Waals surface area (Å²) in [4.78, 5) is 24.5. The summed E-state index contributed by atoms with van der Waals surface area (Å²) in [6, 6.07) is -0.633. The van der Waals surface area contributed by atoms with Crippen molar-refractivity contribution < 1.29 is 24.5 Å². The number of allylic oxidation sites excluding steroid dienone is 3. The Morgan fingerprint density at radius 3 is 1.09 bits per heavy atom. The lowest BCUT2D eigenvalue weighted by Gasteiger charge is -2.20. The zero-order valence-electron chi connectivity index (χ0n) is 43.7. The molecule has 6 nitrogen and oxygen atoms in total. The summed E-state index contributed by atoms with van der Waals surface area (Å²) < 4.78 is 5.48. The SMILES string of the molecule is CCCCCCCC/C=C\CCCCCCCCCC(=O)OCCCCCCCCCCCCCCCCCCC(=O)NC(CO)C(O)/C=C/CCCCCCCCCCCCCCC. The molecular formula is C59H113NO5. The molecule has 0 bridgehead atoms. The number of rotatable bonds is 54. The van der Waals surface area contributed by atoms with Crippen molar-refractivity contribution in [1.82, 2.24) is 5.32 Å². The number of aliphatic hydroxyl groups is 2. The average Bonchev–Trinajstić information content (AvgIpc) is 3.31. The molecule has 3 N–H and O–H groups in total. The molecule has 1 amide bonds. The fraction of sp³-hybridized carbons (Fsp3) is 0.898. The molecule has 0 aliphatic heterocycles. The van der Waals surface area contributed by atoms with Crippen molar-refractivity contribution in [2.45, 2.75) is 328 Å². The topological polar surface area (TPSA) is 95.9 Å². The normalized spacial score (nSPS) is 12.7. The molecule has 0 aliphatic rings. The van der Waals surface area contributed by atoms with Crippen LogP contribution in [-0.4, -0.2) is 47.4 Å². The highest BCUT2D eigenvalue weighted by molar-refractivity contribution is 5.76. The largest absolute Gasteiger partial charge is 0.466 e. The van der Waals surface area contributed by atoms with Crippen LogP contribution in [0.15, 0.2) is 24.3 Å². The van der Waals surface area contributed by atoms with Crippen LogP contribution in [-0.2, 0) is 14.3 Å². The molecule has 2 unspecified atom stereocenters. The standard InChI is InChI=1S/C59H113NO5/c1-3-5-7-9-11-13-15-17-19-20-25-29-33-37-41-45-49-53-59(64)65-54-50-46-42-38-34-30-26-22-21-24-28-32-36-40-44-48-52-58(63)60-56(55-61)57(62)51-47-43-39-35-31-27-23-18-16-14-12-10-8-6-4-2/h17,19,47,51,56-57,61-62H,3-16,18,20-46,48-50,52-55H2,1-2H3,(H,60,63)/b19-17-,51-47+. The van der Waals surface area contributed by atoms with E-state index in [-0.39, 0.29) is 18.5 Å². The highest BCUT2D eigenvalue weighted by Crippen LogP contribution is 2.17. The molecule has 0 saturated heterocycles. The van der Waals surface area contributed by atoms with Crippen molar-refractivity contribution in [2.24, 2.45) is 0 Å². The van der Waals surface area contributed by atoms with Gasteiger partial charge >= 0.3 is 5.97 Å². The minimum Gasteiger partial charge on any atom is -0.466 e. The van der Waals surface area contributed by atoms with Crippen molar-refractivity contribution in [3.63, 3.8) is 0 Å². The molecule has 0 rings (SSSR count). The molecule has 0 spiro atoms. The molecule has 384 valence electrons. The van der Waals surface area contributed by atoms with Crippen LogP contribution in [0.1, 0.15) is 316 Å². The second kappa shape index (κ2) is 54.9. The van der Waals surface area contributed by atoms with Gasteiger partial charge in [-0.05, 0) is 57.8 Å². The lowest BCUT2D eigenvalue weighted by atomic mass is 10.0. The van der Waals surface area contributed by atoms with Crippen LogP contribution >= 0.6 is 0 Å². The summed E-state index contributed by atoms with van der Waals surface area (Å²) in [5.41, 5.74) is 0. The fourth-order valence-electron chi connectivity index (χ4n) is 8.98. The third-order valence-corrected chi connectivity index (χ3v) is 13.5. The first-order chi connectivity index (χ1) is 32.0. The smallest absolute Gasteiger partial charge is 0.305 e. The third-order valence-electron chi connectivity index (χ3n) is 13.5. The van der Waals surface area contributed by atoms with Gasteiger partial charge in [0.15, 0.2) is 0 Å². The first-order valence-electron chi connectivity index (χ1n) is 29.1. The Morgan fingerprint density at radius 2 is 0.723 bits per heavy atom. The van der Waals surface area contributed by atoms with Crippen molar-refractivity contribution >= 4 is 11.9 Å². The number of hydrogen-bond donors (Lipinski definition) is 3. The Hall–Kier alpha value is -1.66. The summed E-state index contributed by atoms with van der Waals surface area (Å²) in [5, 5.41) is 23.1. The molecule has 0 aromatic carbocycles. The number of unbranched alkanes of at least 4 members (excludes halogenated alkanes) is 41. The van der Waals surface area contributed by atoms with E-state index in [1.165, 1.54) is 244 Å². The Balaban J connectivity index is 3.44. The van der Waals surface area contributed by atoms with Gasteiger partial charge in [0.2, 0.25) is 5.91 Å². The summed E-state index contributed by atoms with van der Waals surface area (Å²) in [6.45, 7) is 4.90. The van der Waals surface area contributed by atoms with Gasteiger partial charge in [-0.2, -0.15) is 0 Å². The van der Waals surface area contributed by atoms with Crippen LogP contribution in [0.3, 0.4) is 0 Å². The van der Waals surface area contributed by atoms with Crippen molar-refractivity contribution in [3.05, 3.63) is 24.3 Å². The number of nitrogens with one attached hydrogen (secondary N) is 1. The monoisotopic (exact) mass is 916 g/mol. The maximum Gasteiger partial charge on any atom is 0.305 e. The van der Waals surface area contributed by atoms with Crippen molar-refractivity contribution in [3.8, 4) is 0 Å². The van der Waals surface area contributed by atoms with E-state index in [4.69, 9.17) is 4.74 Å². The molecule has 0 fully saturated rings. The van der Waals surface area contributed by atoms with E-state index in [0.717, 1.165) is 44.9 Å². The summed E-state index contributed by atoms with van der Waals surface area (Å²) in [7, 11) is 0. The van der Waals surface area contributed by atoms with Crippen LogP contribution < -0.4 is 5.32 Å². The van der Waals surface area contributed by atoms with Gasteiger partial charge in [0.05, 0.1) is 25.4 Å². The summed E-state index contributed by atoms with van der Waals surface area (Å²) in [5.74, 6) is -0.0746. The van der Waals surface area contributed by atoms with Gasteiger partial charge in [0.25, 0.3) is 0 Å². The Bertz CT molecular complexity index is 1010. The quantitative estimate of drug-likeness (QED) is 0.0321. The number of esters is 1. The molecule has 0 aliphatic carbocycles. The van der Waals surface area contributed by atoms with Crippen molar-refractivity contribution in [2.75, 3.05) is 13.2 Å². The molecule has 0 radical (unpaired) electrons. The van der Waals surface area contributed by atoms with Crippen LogP contribution in [0.4, 0.5) is 0 Å². The van der Waals surface area contributed by atoms with Crippen LogP contribution in [0.5, 0.6) is 0 Å². The van der Waals surface area contributed by atoms with Crippen LogP contribution in [0.25, 0.3) is 0 Å². The van der Waals surface area contributed by atoms with Crippen LogP contribution in [0, 0.1) is 0 Å². The first-order valence-corrected chi connectivity index (χ1v) is 29.1. The molecule has 0 heterocycles. The number of amides is 1. The second-order valence-corrected chi connectivity index (χ2v) is 20.0. The average molecular weight is 917 g/mol. The zero-order chi connectivity index (χ0) is 47.2. The number of hydrogen-bond acceptors (Lipinski definition) is 5. The van der Waals surface area contributed by atoms with E-state index in [1.807, 2.05) is 6.08 Å². The number of carbonyl (C=O) groups is 2. The molecule has 0 aromatic heterocycles. The van der Waals surface area contributed by atoms with Crippen LogP contribution in [0.2, 0.25) is 0 Å². The van der Waals surface area contributed by atoms with E-state index in [2.05, 4.69) is 31.3 Å². The van der Waals surface area contributed by atoms with Gasteiger partial charge in [-0.1, -0.05) is 269 Å². The predicted molar refractivity (Wildman–Crippen MR) is 283 cm³/mol.